The second-order valence-corrected chi connectivity index (χ2v) is 9.18. The van der Waals surface area contributed by atoms with E-state index in [0.717, 1.165) is 53.4 Å². The molecule has 8 heteroatoms. The number of hydrogen-bond acceptors (Lipinski definition) is 5. The van der Waals surface area contributed by atoms with Gasteiger partial charge >= 0.3 is 0 Å². The summed E-state index contributed by atoms with van der Waals surface area (Å²) in [4.78, 5) is 11.5. The summed E-state index contributed by atoms with van der Waals surface area (Å²) in [5.74, 6) is 0.000841. The molecule has 32 heavy (non-hydrogen) atoms. The molecule has 3 heterocycles. The highest BCUT2D eigenvalue weighted by Crippen LogP contribution is 2.33. The lowest BCUT2D eigenvalue weighted by molar-refractivity contribution is 0.176. The molecule has 1 fully saturated rings. The molecule has 1 aliphatic heterocycles. The van der Waals surface area contributed by atoms with Gasteiger partial charge in [0.05, 0.1) is 23.3 Å². The molecule has 5 rings (SSSR count). The van der Waals surface area contributed by atoms with Gasteiger partial charge in [-0.15, -0.1) is 0 Å². The maximum atomic E-state index is 13.0. The zero-order chi connectivity index (χ0) is 22.1. The number of pyridine rings is 1. The standard InChI is InChI=1S/C24H25F2N5S/c25-20(26)15-32-24-29-21-22(18-5-1-2-6-19(18)28-23(21)27)31(24)14-17-9-7-16(8-10-17)13-30-11-3-4-12-30/h1-2,5-10,20H,3-4,11-15H2,(H2,27,28). The molecule has 0 atom stereocenters. The van der Waals surface area contributed by atoms with Crippen LogP contribution in [0.25, 0.3) is 21.9 Å². The first-order valence-electron chi connectivity index (χ1n) is 10.8. The topological polar surface area (TPSA) is 60.0 Å². The van der Waals surface area contributed by atoms with E-state index in [2.05, 4.69) is 39.1 Å². The van der Waals surface area contributed by atoms with Gasteiger partial charge in [0, 0.05) is 11.9 Å². The molecule has 0 unspecified atom stereocenters. The van der Waals surface area contributed by atoms with Crippen LogP contribution in [0.2, 0.25) is 0 Å². The van der Waals surface area contributed by atoms with Gasteiger partial charge in [-0.1, -0.05) is 54.2 Å². The molecule has 0 bridgehead atoms. The fourth-order valence-electron chi connectivity index (χ4n) is 4.36. The number of halogens is 2. The Labute approximate surface area is 189 Å². The van der Waals surface area contributed by atoms with Crippen LogP contribution in [0.5, 0.6) is 0 Å². The number of benzene rings is 2. The molecule has 0 spiro atoms. The Balaban J connectivity index is 1.53. The number of aromatic nitrogens is 3. The summed E-state index contributed by atoms with van der Waals surface area (Å²) in [6.07, 6.45) is 0.137. The highest BCUT2D eigenvalue weighted by atomic mass is 32.2. The number of nitrogens with zero attached hydrogens (tertiary/aromatic N) is 4. The first kappa shape index (κ1) is 21.2. The third-order valence-electron chi connectivity index (χ3n) is 5.88. The van der Waals surface area contributed by atoms with Crippen molar-refractivity contribution in [2.24, 2.45) is 0 Å². The number of rotatable bonds is 7. The molecule has 1 aliphatic rings. The van der Waals surface area contributed by atoms with Crippen molar-refractivity contribution in [2.45, 2.75) is 37.5 Å². The van der Waals surface area contributed by atoms with Gasteiger partial charge in [0.15, 0.2) is 11.0 Å². The van der Waals surface area contributed by atoms with E-state index in [1.165, 1.54) is 18.4 Å². The van der Waals surface area contributed by atoms with Crippen LogP contribution in [-0.2, 0) is 13.1 Å². The van der Waals surface area contributed by atoms with Crippen LogP contribution in [0.15, 0.2) is 53.7 Å². The van der Waals surface area contributed by atoms with Crippen molar-refractivity contribution in [1.29, 1.82) is 0 Å². The zero-order valence-corrected chi connectivity index (χ0v) is 18.5. The molecule has 166 valence electrons. The summed E-state index contributed by atoms with van der Waals surface area (Å²) < 4.78 is 28.0. The zero-order valence-electron chi connectivity index (χ0n) is 17.7. The van der Waals surface area contributed by atoms with E-state index in [1.807, 2.05) is 28.8 Å². The fourth-order valence-corrected chi connectivity index (χ4v) is 5.11. The number of nitrogens with two attached hydrogens (primary N) is 1. The molecule has 2 aromatic heterocycles. The molecule has 0 saturated carbocycles. The summed E-state index contributed by atoms with van der Waals surface area (Å²) in [5, 5.41) is 1.45. The third kappa shape index (κ3) is 4.29. The van der Waals surface area contributed by atoms with E-state index in [4.69, 9.17) is 5.73 Å². The van der Waals surface area contributed by atoms with Crippen molar-refractivity contribution in [3.63, 3.8) is 0 Å². The second kappa shape index (κ2) is 9.03. The Hall–Kier alpha value is -2.71. The lowest BCUT2D eigenvalue weighted by atomic mass is 10.1. The van der Waals surface area contributed by atoms with Crippen molar-refractivity contribution in [3.05, 3.63) is 59.7 Å². The predicted octanol–water partition coefficient (Wildman–Crippen LogP) is 5.17. The van der Waals surface area contributed by atoms with Crippen molar-refractivity contribution in [1.82, 2.24) is 19.4 Å². The minimum Gasteiger partial charge on any atom is -0.382 e. The van der Waals surface area contributed by atoms with Crippen molar-refractivity contribution in [2.75, 3.05) is 24.6 Å². The van der Waals surface area contributed by atoms with E-state index in [1.54, 1.807) is 0 Å². The SMILES string of the molecule is Nc1nc2ccccc2c2c1nc(SCC(F)F)n2Cc1ccc(CN2CCCC2)cc1. The number of nitrogen functional groups attached to an aromatic ring is 1. The molecular weight excluding hydrogens is 428 g/mol. The van der Waals surface area contributed by atoms with Gasteiger partial charge in [0.1, 0.15) is 5.52 Å². The van der Waals surface area contributed by atoms with Gasteiger partial charge in [-0.2, -0.15) is 0 Å². The average molecular weight is 454 g/mol. The number of hydrogen-bond donors (Lipinski definition) is 1. The van der Waals surface area contributed by atoms with Gasteiger partial charge in [0.25, 0.3) is 0 Å². The van der Waals surface area contributed by atoms with Crippen LogP contribution in [0.3, 0.4) is 0 Å². The van der Waals surface area contributed by atoms with E-state index >= 15 is 0 Å². The summed E-state index contributed by atoms with van der Waals surface area (Å²) >= 11 is 1.05. The Bertz CT molecular complexity index is 1230. The van der Waals surface area contributed by atoms with Crippen molar-refractivity contribution >= 4 is 39.5 Å². The summed E-state index contributed by atoms with van der Waals surface area (Å²) in [6, 6.07) is 16.3. The van der Waals surface area contributed by atoms with Crippen LogP contribution in [-0.4, -0.2) is 44.7 Å². The minimum absolute atomic E-state index is 0.316. The first-order valence-corrected chi connectivity index (χ1v) is 11.8. The maximum Gasteiger partial charge on any atom is 0.248 e. The number of imidazole rings is 1. The summed E-state index contributed by atoms with van der Waals surface area (Å²) in [5.41, 5.74) is 10.8. The lowest BCUT2D eigenvalue weighted by Crippen LogP contribution is -2.18. The van der Waals surface area contributed by atoms with Gasteiger partial charge in [0.2, 0.25) is 6.43 Å². The van der Waals surface area contributed by atoms with Crippen LogP contribution in [0, 0.1) is 0 Å². The molecule has 1 saturated heterocycles. The number of fused-ring (bicyclic) bond motifs is 3. The number of alkyl halides is 2. The van der Waals surface area contributed by atoms with Crippen LogP contribution in [0.4, 0.5) is 14.6 Å². The number of para-hydroxylation sites is 1. The average Bonchev–Trinajstić information content (AvgIpc) is 3.42. The molecule has 0 radical (unpaired) electrons. The predicted molar refractivity (Wildman–Crippen MR) is 126 cm³/mol. The van der Waals surface area contributed by atoms with E-state index < -0.39 is 6.43 Å². The second-order valence-electron chi connectivity index (χ2n) is 8.19. The summed E-state index contributed by atoms with van der Waals surface area (Å²) in [6.45, 7) is 3.82. The molecule has 0 aliphatic carbocycles. The minimum atomic E-state index is -2.41. The summed E-state index contributed by atoms with van der Waals surface area (Å²) in [7, 11) is 0. The molecule has 4 aromatic rings. The highest BCUT2D eigenvalue weighted by molar-refractivity contribution is 7.99. The lowest BCUT2D eigenvalue weighted by Gasteiger charge is -2.15. The molecule has 2 N–H and O–H groups in total. The van der Waals surface area contributed by atoms with Gasteiger partial charge < -0.3 is 10.3 Å². The van der Waals surface area contributed by atoms with E-state index in [-0.39, 0.29) is 5.75 Å². The molecule has 0 amide bonds. The smallest absolute Gasteiger partial charge is 0.248 e. The Morgan fingerprint density at radius 3 is 2.34 bits per heavy atom. The van der Waals surface area contributed by atoms with Crippen LogP contribution >= 0.6 is 11.8 Å². The number of thioether (sulfide) groups is 1. The monoisotopic (exact) mass is 453 g/mol. The Kier molecular flexibility index (Phi) is 5.97. The number of anilines is 1. The Morgan fingerprint density at radius 1 is 0.938 bits per heavy atom. The van der Waals surface area contributed by atoms with Crippen molar-refractivity contribution < 1.29 is 8.78 Å². The van der Waals surface area contributed by atoms with E-state index in [0.29, 0.717) is 23.0 Å². The van der Waals surface area contributed by atoms with Crippen LogP contribution in [0.1, 0.15) is 24.0 Å². The molecular formula is C24H25F2N5S. The first-order chi connectivity index (χ1) is 15.6. The quantitative estimate of drug-likeness (QED) is 0.391. The fraction of sp³-hybridized carbons (Fsp3) is 0.333. The largest absolute Gasteiger partial charge is 0.382 e. The third-order valence-corrected chi connectivity index (χ3v) is 6.87. The molecule has 5 nitrogen and oxygen atoms in total. The maximum absolute atomic E-state index is 13.0. The normalized spacial score (nSPS) is 14.8. The van der Waals surface area contributed by atoms with E-state index in [9.17, 15) is 8.78 Å². The number of likely N-dealkylation sites (tertiary alicyclic amines) is 1. The van der Waals surface area contributed by atoms with Crippen molar-refractivity contribution in [3.8, 4) is 0 Å². The van der Waals surface area contributed by atoms with Crippen LogP contribution < -0.4 is 5.73 Å². The van der Waals surface area contributed by atoms with Gasteiger partial charge in [-0.25, -0.2) is 18.7 Å². The van der Waals surface area contributed by atoms with Gasteiger partial charge in [-0.3, -0.25) is 4.90 Å². The van der Waals surface area contributed by atoms with Gasteiger partial charge in [-0.05, 0) is 43.1 Å². The molecule has 2 aromatic carbocycles. The Morgan fingerprint density at radius 2 is 1.62 bits per heavy atom. The highest BCUT2D eigenvalue weighted by Gasteiger charge is 2.19.